The van der Waals surface area contributed by atoms with Crippen LogP contribution in [0.3, 0.4) is 0 Å². The minimum Gasteiger partial charge on any atom is -0.445 e. The SMILES string of the molecule is CC(C)CC(NC(=O)OCc1ccccc1)C(=O)NCCCCCCCCCCNC(=O)C(CC(C)C)NC(=O)OCc1ccccc1. The van der Waals surface area contributed by atoms with E-state index in [4.69, 9.17) is 9.47 Å². The van der Waals surface area contributed by atoms with E-state index in [1.807, 2.05) is 88.4 Å². The van der Waals surface area contributed by atoms with E-state index in [0.717, 1.165) is 62.5 Å². The van der Waals surface area contributed by atoms with Crippen LogP contribution in [0.4, 0.5) is 9.59 Å². The molecule has 0 aliphatic rings. The first-order valence-electron chi connectivity index (χ1n) is 17.6. The van der Waals surface area contributed by atoms with E-state index in [2.05, 4.69) is 21.3 Å². The van der Waals surface area contributed by atoms with E-state index in [1.54, 1.807) is 0 Å². The summed E-state index contributed by atoms with van der Waals surface area (Å²) in [5, 5.41) is 11.4. The maximum absolute atomic E-state index is 12.8. The Labute approximate surface area is 287 Å². The topological polar surface area (TPSA) is 135 Å². The molecule has 10 heteroatoms. The molecule has 0 fully saturated rings. The largest absolute Gasteiger partial charge is 0.445 e. The van der Waals surface area contributed by atoms with Crippen molar-refractivity contribution < 1.29 is 28.7 Å². The first-order valence-corrected chi connectivity index (χ1v) is 17.6. The number of benzene rings is 2. The van der Waals surface area contributed by atoms with E-state index in [0.29, 0.717) is 25.9 Å². The molecule has 10 nitrogen and oxygen atoms in total. The van der Waals surface area contributed by atoms with Crippen LogP contribution in [0, 0.1) is 11.8 Å². The van der Waals surface area contributed by atoms with Crippen molar-refractivity contribution in [2.75, 3.05) is 13.1 Å². The second-order valence-corrected chi connectivity index (χ2v) is 13.2. The molecule has 0 spiro atoms. The Kier molecular flexibility index (Phi) is 20.1. The zero-order chi connectivity index (χ0) is 35.0. The maximum atomic E-state index is 12.8. The third-order valence-electron chi connectivity index (χ3n) is 7.76. The van der Waals surface area contributed by atoms with Crippen molar-refractivity contribution in [1.29, 1.82) is 0 Å². The Hall–Kier alpha value is -4.08. The molecule has 0 aliphatic heterocycles. The average molecular weight is 667 g/mol. The van der Waals surface area contributed by atoms with Crippen LogP contribution >= 0.6 is 0 Å². The second-order valence-electron chi connectivity index (χ2n) is 13.2. The van der Waals surface area contributed by atoms with Crippen molar-refractivity contribution in [2.45, 2.75) is 117 Å². The number of hydrogen-bond acceptors (Lipinski definition) is 6. The Bertz CT molecular complexity index is 1100. The van der Waals surface area contributed by atoms with Crippen LogP contribution in [-0.2, 0) is 32.3 Å². The van der Waals surface area contributed by atoms with Gasteiger partial charge in [-0.05, 0) is 48.6 Å². The molecule has 4 amide bonds. The smallest absolute Gasteiger partial charge is 0.408 e. The molecule has 0 saturated heterocycles. The highest BCUT2D eigenvalue weighted by Crippen LogP contribution is 2.11. The molecular weight excluding hydrogens is 608 g/mol. The van der Waals surface area contributed by atoms with Gasteiger partial charge in [0, 0.05) is 13.1 Å². The number of nitrogens with one attached hydrogen (secondary N) is 4. The van der Waals surface area contributed by atoms with E-state index < -0.39 is 24.3 Å². The molecule has 0 aliphatic carbocycles. The first-order chi connectivity index (χ1) is 23.1. The van der Waals surface area contributed by atoms with E-state index >= 15 is 0 Å². The number of unbranched alkanes of at least 4 members (excludes halogenated alkanes) is 7. The number of rotatable bonds is 23. The van der Waals surface area contributed by atoms with Crippen LogP contribution in [-0.4, -0.2) is 49.2 Å². The van der Waals surface area contributed by atoms with Crippen LogP contribution < -0.4 is 21.3 Å². The van der Waals surface area contributed by atoms with Crippen molar-refractivity contribution in [3.8, 4) is 0 Å². The molecule has 2 rings (SSSR count). The number of ether oxygens (including phenoxy) is 2. The van der Waals surface area contributed by atoms with Crippen LogP contribution in [0.15, 0.2) is 60.7 Å². The molecule has 266 valence electrons. The summed E-state index contributed by atoms with van der Waals surface area (Å²) in [6, 6.07) is 17.6. The van der Waals surface area contributed by atoms with Gasteiger partial charge in [0.25, 0.3) is 0 Å². The van der Waals surface area contributed by atoms with Gasteiger partial charge in [-0.2, -0.15) is 0 Å². The van der Waals surface area contributed by atoms with Gasteiger partial charge in [-0.3, -0.25) is 9.59 Å². The van der Waals surface area contributed by atoms with E-state index in [-0.39, 0.29) is 36.9 Å². The second kappa shape index (κ2) is 24.1. The summed E-state index contributed by atoms with van der Waals surface area (Å²) < 4.78 is 10.6. The van der Waals surface area contributed by atoms with Crippen LogP contribution in [0.25, 0.3) is 0 Å². The molecule has 2 unspecified atom stereocenters. The molecule has 2 aromatic rings. The summed E-state index contributed by atoms with van der Waals surface area (Å²) in [6.45, 7) is 9.53. The molecule has 0 aromatic heterocycles. The molecule has 0 saturated carbocycles. The van der Waals surface area contributed by atoms with Gasteiger partial charge in [0.15, 0.2) is 0 Å². The lowest BCUT2D eigenvalue weighted by atomic mass is 10.0. The highest BCUT2D eigenvalue weighted by Gasteiger charge is 2.23. The van der Waals surface area contributed by atoms with Gasteiger partial charge in [0.05, 0.1) is 0 Å². The van der Waals surface area contributed by atoms with Gasteiger partial charge >= 0.3 is 12.2 Å². The fourth-order valence-corrected chi connectivity index (χ4v) is 5.20. The Balaban J connectivity index is 1.52. The fourth-order valence-electron chi connectivity index (χ4n) is 5.20. The van der Waals surface area contributed by atoms with Crippen molar-refractivity contribution in [3.63, 3.8) is 0 Å². The summed E-state index contributed by atoms with van der Waals surface area (Å²) in [5.41, 5.74) is 1.78. The molecule has 2 aromatic carbocycles. The third kappa shape index (κ3) is 18.9. The minimum absolute atomic E-state index is 0.158. The van der Waals surface area contributed by atoms with Gasteiger partial charge in [0.1, 0.15) is 25.3 Å². The normalized spacial score (nSPS) is 12.2. The molecule has 0 radical (unpaired) electrons. The van der Waals surface area contributed by atoms with Gasteiger partial charge < -0.3 is 30.7 Å². The Morgan fingerprint density at radius 2 is 0.854 bits per heavy atom. The zero-order valence-electron chi connectivity index (χ0n) is 29.4. The summed E-state index contributed by atoms with van der Waals surface area (Å²) in [6.07, 6.45) is 8.14. The number of carbonyl (C=O) groups is 4. The summed E-state index contributed by atoms with van der Waals surface area (Å²) in [5.74, 6) is 0.126. The van der Waals surface area contributed by atoms with Crippen LogP contribution in [0.2, 0.25) is 0 Å². The highest BCUT2D eigenvalue weighted by molar-refractivity contribution is 5.86. The van der Waals surface area contributed by atoms with Gasteiger partial charge in [0.2, 0.25) is 11.8 Å². The minimum atomic E-state index is -0.628. The fraction of sp³-hybridized carbons (Fsp3) is 0.579. The number of hydrogen-bond donors (Lipinski definition) is 4. The third-order valence-corrected chi connectivity index (χ3v) is 7.76. The standard InChI is InChI=1S/C38H58N4O6/c1-29(2)25-33(41-37(45)47-27-31-19-13-11-14-20-31)35(43)39-23-17-9-7-5-6-8-10-18-24-40-36(44)34(26-30(3)4)42-38(46)48-28-32-21-15-12-16-22-32/h11-16,19-22,29-30,33-34H,5-10,17-18,23-28H2,1-4H3,(H,39,43)(H,40,44)(H,41,45)(H,42,46). The predicted octanol–water partition coefficient (Wildman–Crippen LogP) is 7.02. The zero-order valence-corrected chi connectivity index (χ0v) is 29.4. The summed E-state index contributed by atoms with van der Waals surface area (Å²) in [7, 11) is 0. The number of alkyl carbamates (subject to hydrolysis) is 2. The highest BCUT2D eigenvalue weighted by atomic mass is 16.6. The average Bonchev–Trinajstić information content (AvgIpc) is 3.06. The van der Waals surface area contributed by atoms with E-state index in [1.165, 1.54) is 0 Å². The van der Waals surface area contributed by atoms with Crippen molar-refractivity contribution >= 4 is 24.0 Å². The Morgan fingerprint density at radius 1 is 0.521 bits per heavy atom. The summed E-state index contributed by atoms with van der Waals surface area (Å²) >= 11 is 0. The number of carbonyl (C=O) groups excluding carboxylic acids is 4. The van der Waals surface area contributed by atoms with Crippen molar-refractivity contribution in [3.05, 3.63) is 71.8 Å². The molecule has 0 bridgehead atoms. The quantitative estimate of drug-likeness (QED) is 0.0942. The lowest BCUT2D eigenvalue weighted by Gasteiger charge is -2.20. The number of amides is 4. The Morgan fingerprint density at radius 3 is 1.19 bits per heavy atom. The summed E-state index contributed by atoms with van der Waals surface area (Å²) in [4.78, 5) is 50.1. The molecule has 48 heavy (non-hydrogen) atoms. The van der Waals surface area contributed by atoms with Gasteiger partial charge in [-0.1, -0.05) is 127 Å². The van der Waals surface area contributed by atoms with Crippen LogP contribution in [0.5, 0.6) is 0 Å². The molecule has 4 N–H and O–H groups in total. The van der Waals surface area contributed by atoms with Gasteiger partial charge in [-0.25, -0.2) is 9.59 Å². The lowest BCUT2D eigenvalue weighted by Crippen LogP contribution is -2.47. The molecule has 0 heterocycles. The monoisotopic (exact) mass is 666 g/mol. The first kappa shape index (κ1) is 40.1. The van der Waals surface area contributed by atoms with E-state index in [9.17, 15) is 19.2 Å². The lowest BCUT2D eigenvalue weighted by molar-refractivity contribution is -0.124. The maximum Gasteiger partial charge on any atom is 0.408 e. The van der Waals surface area contributed by atoms with Gasteiger partial charge in [-0.15, -0.1) is 0 Å². The van der Waals surface area contributed by atoms with Crippen molar-refractivity contribution in [1.82, 2.24) is 21.3 Å². The van der Waals surface area contributed by atoms with Crippen LogP contribution in [0.1, 0.15) is 103 Å². The molecule has 2 atom stereocenters. The van der Waals surface area contributed by atoms with Crippen molar-refractivity contribution in [2.24, 2.45) is 11.8 Å². The molecular formula is C38H58N4O6. The predicted molar refractivity (Wildman–Crippen MR) is 189 cm³/mol.